The van der Waals surface area contributed by atoms with Crippen LogP contribution < -0.4 is 33.2 Å². The number of hydrogen-bond acceptors (Lipinski definition) is 7. The molecule has 2 aromatic rings. The van der Waals surface area contributed by atoms with Crippen molar-refractivity contribution in [1.29, 1.82) is 0 Å². The van der Waals surface area contributed by atoms with Crippen LogP contribution in [0.1, 0.15) is 37.8 Å². The first-order valence-electron chi connectivity index (χ1n) is 13.6. The molecule has 3 amide bonds. The van der Waals surface area contributed by atoms with Crippen LogP contribution in [0.25, 0.3) is 0 Å². The fraction of sp³-hybridized carbons (Fsp3) is 0.414. The number of hydrogen-bond donors (Lipinski definition) is 8. The van der Waals surface area contributed by atoms with Gasteiger partial charge in [0, 0.05) is 19.4 Å². The Bertz CT molecular complexity index is 1220. The molecule has 0 spiro atoms. The molecule has 13 nitrogen and oxygen atoms in total. The first-order valence-corrected chi connectivity index (χ1v) is 13.6. The Hall–Kier alpha value is -4.65. The summed E-state index contributed by atoms with van der Waals surface area (Å²) < 4.78 is 0. The van der Waals surface area contributed by atoms with E-state index in [4.69, 9.17) is 17.2 Å². The zero-order valence-corrected chi connectivity index (χ0v) is 23.8. The van der Waals surface area contributed by atoms with Gasteiger partial charge in [0.2, 0.25) is 17.7 Å². The lowest BCUT2D eigenvalue weighted by molar-refractivity contribution is -0.142. The number of aliphatic carboxylic acids is 1. The molecule has 0 fully saturated rings. The van der Waals surface area contributed by atoms with E-state index in [1.54, 1.807) is 56.3 Å². The smallest absolute Gasteiger partial charge is 0.326 e. The van der Waals surface area contributed by atoms with E-state index in [0.29, 0.717) is 24.1 Å². The molecule has 228 valence electrons. The van der Waals surface area contributed by atoms with Gasteiger partial charge < -0.3 is 43.4 Å². The van der Waals surface area contributed by atoms with Crippen LogP contribution in [0.4, 0.5) is 0 Å². The Balaban J connectivity index is 2.19. The van der Waals surface area contributed by atoms with Crippen LogP contribution in [0, 0.1) is 5.92 Å². The summed E-state index contributed by atoms with van der Waals surface area (Å²) in [5, 5.41) is 27.3. The van der Waals surface area contributed by atoms with Crippen molar-refractivity contribution < 1.29 is 29.4 Å². The monoisotopic (exact) mass is 583 g/mol. The Labute approximate surface area is 244 Å². The van der Waals surface area contributed by atoms with Crippen molar-refractivity contribution in [3.8, 4) is 5.75 Å². The van der Waals surface area contributed by atoms with Gasteiger partial charge in [-0.05, 0) is 42.0 Å². The van der Waals surface area contributed by atoms with Crippen LogP contribution in [0.15, 0.2) is 59.6 Å². The molecular weight excluding hydrogens is 542 g/mol. The number of rotatable bonds is 16. The molecule has 2 aromatic carbocycles. The van der Waals surface area contributed by atoms with E-state index in [2.05, 4.69) is 20.9 Å². The molecule has 0 heterocycles. The fourth-order valence-electron chi connectivity index (χ4n) is 4.11. The highest BCUT2D eigenvalue weighted by Crippen LogP contribution is 2.13. The molecule has 0 radical (unpaired) electrons. The third-order valence-corrected chi connectivity index (χ3v) is 6.46. The molecule has 0 saturated heterocycles. The van der Waals surface area contributed by atoms with Crippen LogP contribution in [-0.4, -0.2) is 70.6 Å². The van der Waals surface area contributed by atoms with E-state index in [1.165, 1.54) is 12.1 Å². The van der Waals surface area contributed by atoms with E-state index in [9.17, 15) is 29.4 Å². The van der Waals surface area contributed by atoms with Crippen molar-refractivity contribution in [1.82, 2.24) is 16.0 Å². The van der Waals surface area contributed by atoms with E-state index < -0.39 is 47.9 Å². The molecule has 13 heteroatoms. The summed E-state index contributed by atoms with van der Waals surface area (Å²) >= 11 is 0. The molecule has 2 rings (SSSR count). The molecule has 0 saturated carbocycles. The van der Waals surface area contributed by atoms with Crippen molar-refractivity contribution in [3.05, 3.63) is 65.7 Å². The van der Waals surface area contributed by atoms with Gasteiger partial charge in [-0.3, -0.25) is 19.4 Å². The Morgan fingerprint density at radius 2 is 1.38 bits per heavy atom. The van der Waals surface area contributed by atoms with Crippen LogP contribution >= 0.6 is 0 Å². The van der Waals surface area contributed by atoms with Gasteiger partial charge in [0.05, 0.1) is 6.04 Å². The number of carbonyl (C=O) groups excluding carboxylic acids is 3. The number of aliphatic imine (C=N–C) groups is 1. The molecule has 4 unspecified atom stereocenters. The molecule has 0 aliphatic heterocycles. The SMILES string of the molecule is CC(C)C(NC(=O)C(N)CCCN=C(N)N)C(=O)NC(Cc1ccc(O)cc1)C(=O)NC(Cc1ccccc1)C(=O)O. The number of phenols is 1. The van der Waals surface area contributed by atoms with E-state index in [1.807, 2.05) is 0 Å². The third kappa shape index (κ3) is 11.5. The minimum absolute atomic E-state index is 0.00139. The second-order valence-corrected chi connectivity index (χ2v) is 10.3. The van der Waals surface area contributed by atoms with Gasteiger partial charge in [-0.1, -0.05) is 56.3 Å². The number of carbonyl (C=O) groups is 4. The summed E-state index contributed by atoms with van der Waals surface area (Å²) in [5.74, 6) is -3.56. The molecule has 0 bridgehead atoms. The van der Waals surface area contributed by atoms with E-state index >= 15 is 0 Å². The van der Waals surface area contributed by atoms with Gasteiger partial charge >= 0.3 is 5.97 Å². The van der Waals surface area contributed by atoms with Crippen LogP contribution in [0.2, 0.25) is 0 Å². The largest absolute Gasteiger partial charge is 0.508 e. The number of guanidine groups is 1. The van der Waals surface area contributed by atoms with Crippen molar-refractivity contribution in [2.45, 2.75) is 63.7 Å². The maximum absolute atomic E-state index is 13.4. The lowest BCUT2D eigenvalue weighted by Gasteiger charge is -2.27. The number of phenolic OH excluding ortho intramolecular Hbond substituents is 1. The van der Waals surface area contributed by atoms with Crippen molar-refractivity contribution in [3.63, 3.8) is 0 Å². The average molecular weight is 584 g/mol. The molecule has 0 aliphatic rings. The zero-order chi connectivity index (χ0) is 31.2. The fourth-order valence-corrected chi connectivity index (χ4v) is 4.11. The number of nitrogens with two attached hydrogens (primary N) is 3. The summed E-state index contributed by atoms with van der Waals surface area (Å²) in [6.07, 6.45) is 0.763. The highest BCUT2D eigenvalue weighted by atomic mass is 16.4. The lowest BCUT2D eigenvalue weighted by atomic mass is 9.99. The summed E-state index contributed by atoms with van der Waals surface area (Å²) in [5.41, 5.74) is 17.9. The van der Waals surface area contributed by atoms with Gasteiger partial charge in [0.15, 0.2) is 5.96 Å². The van der Waals surface area contributed by atoms with Gasteiger partial charge in [-0.25, -0.2) is 4.79 Å². The maximum Gasteiger partial charge on any atom is 0.326 e. The number of carboxylic acid groups (broad SMARTS) is 1. The third-order valence-electron chi connectivity index (χ3n) is 6.46. The van der Waals surface area contributed by atoms with Crippen LogP contribution in [0.5, 0.6) is 5.75 Å². The van der Waals surface area contributed by atoms with Gasteiger partial charge in [0.25, 0.3) is 0 Å². The van der Waals surface area contributed by atoms with Gasteiger partial charge in [0.1, 0.15) is 23.9 Å². The number of amides is 3. The molecule has 0 aliphatic carbocycles. The minimum atomic E-state index is -1.25. The first kappa shape index (κ1) is 33.6. The van der Waals surface area contributed by atoms with Crippen LogP contribution in [-0.2, 0) is 32.0 Å². The van der Waals surface area contributed by atoms with Gasteiger partial charge in [-0.15, -0.1) is 0 Å². The summed E-state index contributed by atoms with van der Waals surface area (Å²) in [6.45, 7) is 3.75. The topological polar surface area (TPSA) is 235 Å². The number of nitrogens with one attached hydrogen (secondary N) is 3. The molecule has 0 aromatic heterocycles. The lowest BCUT2D eigenvalue weighted by Crippen LogP contribution is -2.59. The van der Waals surface area contributed by atoms with E-state index in [0.717, 1.165) is 0 Å². The number of benzene rings is 2. The number of nitrogens with zero attached hydrogens (tertiary/aromatic N) is 1. The van der Waals surface area contributed by atoms with Gasteiger partial charge in [-0.2, -0.15) is 0 Å². The predicted molar refractivity (Wildman–Crippen MR) is 158 cm³/mol. The highest BCUT2D eigenvalue weighted by molar-refractivity contribution is 5.94. The maximum atomic E-state index is 13.4. The highest BCUT2D eigenvalue weighted by Gasteiger charge is 2.32. The average Bonchev–Trinajstić information content (AvgIpc) is 2.94. The normalized spacial score (nSPS) is 13.7. The second-order valence-electron chi connectivity index (χ2n) is 10.3. The Morgan fingerprint density at radius 1 is 0.810 bits per heavy atom. The van der Waals surface area contributed by atoms with Crippen molar-refractivity contribution in [2.75, 3.05) is 6.54 Å². The Morgan fingerprint density at radius 3 is 1.95 bits per heavy atom. The summed E-state index contributed by atoms with van der Waals surface area (Å²) in [6, 6.07) is 10.5. The molecule has 42 heavy (non-hydrogen) atoms. The predicted octanol–water partition coefficient (Wildman–Crippen LogP) is -0.247. The standard InChI is InChI=1S/C29H41N7O6/c1-17(2)24(36-25(38)21(30)9-6-14-33-29(31)32)27(40)34-22(15-19-10-12-20(37)13-11-19)26(39)35-23(28(41)42)16-18-7-4-3-5-8-18/h3-5,7-8,10-13,17,21-24,37H,6,9,14-16,30H2,1-2H3,(H,34,40)(H,35,39)(H,36,38)(H,41,42)(H4,31,32,33). The molecule has 11 N–H and O–H groups in total. The molecular formula is C29H41N7O6. The number of carboxylic acids is 1. The summed E-state index contributed by atoms with van der Waals surface area (Å²) in [7, 11) is 0. The van der Waals surface area contributed by atoms with Crippen LogP contribution in [0.3, 0.4) is 0 Å². The quantitative estimate of drug-likeness (QED) is 0.0738. The summed E-state index contributed by atoms with van der Waals surface area (Å²) in [4.78, 5) is 55.4. The Kier molecular flexibility index (Phi) is 13.2. The number of aromatic hydroxyl groups is 1. The van der Waals surface area contributed by atoms with Crippen molar-refractivity contribution in [2.24, 2.45) is 28.1 Å². The second kappa shape index (κ2) is 16.6. The minimum Gasteiger partial charge on any atom is -0.508 e. The first-order chi connectivity index (χ1) is 19.9. The van der Waals surface area contributed by atoms with E-state index in [-0.39, 0.29) is 36.9 Å². The zero-order valence-electron chi connectivity index (χ0n) is 23.8. The molecule has 4 atom stereocenters. The van der Waals surface area contributed by atoms with Crippen molar-refractivity contribution >= 4 is 29.7 Å².